The number of aryl methyl sites for hydroxylation is 1. The molecular formula is C23H29N5O3. The van der Waals surface area contributed by atoms with Gasteiger partial charge in [0.2, 0.25) is 11.8 Å². The number of benzene rings is 1. The Labute approximate surface area is 182 Å². The van der Waals surface area contributed by atoms with E-state index in [2.05, 4.69) is 15.7 Å². The number of carbonyl (C=O) groups excluding carboxylic acids is 3. The van der Waals surface area contributed by atoms with Gasteiger partial charge in [0, 0.05) is 37.8 Å². The lowest BCUT2D eigenvalue weighted by Gasteiger charge is -2.23. The first-order valence-electron chi connectivity index (χ1n) is 11.0. The van der Waals surface area contributed by atoms with Crippen LogP contribution >= 0.6 is 0 Å². The molecule has 164 valence electrons. The van der Waals surface area contributed by atoms with Crippen LogP contribution in [0.2, 0.25) is 0 Å². The third kappa shape index (κ3) is 4.78. The normalized spacial score (nSPS) is 23.1. The molecule has 3 unspecified atom stereocenters. The smallest absolute Gasteiger partial charge is 0.272 e. The van der Waals surface area contributed by atoms with Gasteiger partial charge in [0.15, 0.2) is 0 Å². The maximum Gasteiger partial charge on any atom is 0.272 e. The Morgan fingerprint density at radius 2 is 2.00 bits per heavy atom. The molecule has 0 bridgehead atoms. The third-order valence-corrected chi connectivity index (χ3v) is 6.28. The van der Waals surface area contributed by atoms with Gasteiger partial charge in [-0.05, 0) is 43.7 Å². The molecule has 2 N–H and O–H groups in total. The zero-order chi connectivity index (χ0) is 21.8. The summed E-state index contributed by atoms with van der Waals surface area (Å²) in [6.07, 6.45) is 3.67. The van der Waals surface area contributed by atoms with Crippen molar-refractivity contribution in [2.75, 3.05) is 19.6 Å². The number of nitrogens with one attached hydrogen (secondary N) is 2. The average molecular weight is 424 g/mol. The van der Waals surface area contributed by atoms with E-state index in [1.165, 1.54) is 5.56 Å². The van der Waals surface area contributed by atoms with E-state index in [0.29, 0.717) is 38.2 Å². The summed E-state index contributed by atoms with van der Waals surface area (Å²) in [5.74, 6) is -0.416. The number of rotatable bonds is 6. The van der Waals surface area contributed by atoms with E-state index < -0.39 is 0 Å². The van der Waals surface area contributed by atoms with Gasteiger partial charge in [0.1, 0.15) is 5.69 Å². The Morgan fingerprint density at radius 1 is 1.19 bits per heavy atom. The van der Waals surface area contributed by atoms with Crippen LogP contribution < -0.4 is 10.6 Å². The zero-order valence-corrected chi connectivity index (χ0v) is 17.8. The van der Waals surface area contributed by atoms with Crippen molar-refractivity contribution in [2.45, 2.75) is 38.8 Å². The Kier molecular flexibility index (Phi) is 6.34. The van der Waals surface area contributed by atoms with Crippen LogP contribution in [0.15, 0.2) is 42.6 Å². The molecule has 1 saturated carbocycles. The summed E-state index contributed by atoms with van der Waals surface area (Å²) < 4.78 is 1.64. The van der Waals surface area contributed by atoms with Gasteiger partial charge in [0.05, 0.1) is 6.54 Å². The number of aromatic nitrogens is 2. The van der Waals surface area contributed by atoms with E-state index in [1.807, 2.05) is 37.3 Å². The quantitative estimate of drug-likeness (QED) is 0.730. The molecule has 3 amide bonds. The molecule has 2 fully saturated rings. The van der Waals surface area contributed by atoms with Gasteiger partial charge in [-0.15, -0.1) is 0 Å². The van der Waals surface area contributed by atoms with Gasteiger partial charge in [0.25, 0.3) is 5.91 Å². The molecule has 3 atom stereocenters. The minimum absolute atomic E-state index is 0.0280. The summed E-state index contributed by atoms with van der Waals surface area (Å²) in [7, 11) is 0. The van der Waals surface area contributed by atoms with Crippen LogP contribution in [-0.2, 0) is 22.6 Å². The maximum atomic E-state index is 13.0. The minimum atomic E-state index is -0.189. The second-order valence-electron chi connectivity index (χ2n) is 8.35. The lowest BCUT2D eigenvalue weighted by Crippen LogP contribution is -2.40. The molecule has 1 aliphatic carbocycles. The van der Waals surface area contributed by atoms with E-state index in [9.17, 15) is 14.4 Å². The van der Waals surface area contributed by atoms with Crippen molar-refractivity contribution in [1.29, 1.82) is 0 Å². The molecule has 2 aromatic rings. The lowest BCUT2D eigenvalue weighted by atomic mass is 10.0. The Balaban J connectivity index is 1.36. The molecule has 1 aromatic carbocycles. The second kappa shape index (κ2) is 9.32. The highest BCUT2D eigenvalue weighted by molar-refractivity contribution is 5.95. The highest BCUT2D eigenvalue weighted by atomic mass is 16.2. The number of carbonyl (C=O) groups is 3. The van der Waals surface area contributed by atoms with Crippen molar-refractivity contribution in [3.05, 3.63) is 53.9 Å². The standard InChI is InChI=1S/C23H29N5O3/c1-2-28-20(9-11-25-28)23(31)27-14-18-12-17(13-19(18)26-21(29)15-27)22(30)24-10-8-16-6-4-3-5-7-16/h3-7,9,11,17-19H,2,8,10,12-15H2,1H3,(H,24,30)(H,26,29). The predicted octanol–water partition coefficient (Wildman–Crippen LogP) is 1.23. The van der Waals surface area contributed by atoms with Crippen molar-refractivity contribution in [2.24, 2.45) is 11.8 Å². The monoisotopic (exact) mass is 423 g/mol. The summed E-state index contributed by atoms with van der Waals surface area (Å²) >= 11 is 0. The number of fused-ring (bicyclic) bond motifs is 1. The predicted molar refractivity (Wildman–Crippen MR) is 115 cm³/mol. The average Bonchev–Trinajstić information content (AvgIpc) is 3.37. The molecule has 8 nitrogen and oxygen atoms in total. The van der Waals surface area contributed by atoms with E-state index in [1.54, 1.807) is 21.8 Å². The van der Waals surface area contributed by atoms with Crippen LogP contribution in [0.1, 0.15) is 35.8 Å². The maximum absolute atomic E-state index is 13.0. The van der Waals surface area contributed by atoms with Crippen LogP contribution in [0.3, 0.4) is 0 Å². The van der Waals surface area contributed by atoms with Gasteiger partial charge in [-0.25, -0.2) is 0 Å². The topological polar surface area (TPSA) is 96.3 Å². The summed E-state index contributed by atoms with van der Waals surface area (Å²) in [6, 6.07) is 11.7. The molecule has 8 heteroatoms. The molecule has 1 aliphatic heterocycles. The van der Waals surface area contributed by atoms with Crippen molar-refractivity contribution in [1.82, 2.24) is 25.3 Å². The fourth-order valence-corrected chi connectivity index (χ4v) is 4.69. The fraction of sp³-hybridized carbons (Fsp3) is 0.478. The molecule has 2 heterocycles. The highest BCUT2D eigenvalue weighted by Crippen LogP contribution is 2.33. The first-order valence-corrected chi connectivity index (χ1v) is 11.0. The third-order valence-electron chi connectivity index (χ3n) is 6.28. The molecule has 1 saturated heterocycles. The van der Waals surface area contributed by atoms with Crippen molar-refractivity contribution in [3.8, 4) is 0 Å². The molecule has 31 heavy (non-hydrogen) atoms. The molecular weight excluding hydrogens is 394 g/mol. The Hall–Kier alpha value is -3.16. The molecule has 4 rings (SSSR count). The summed E-state index contributed by atoms with van der Waals surface area (Å²) in [5, 5.41) is 10.2. The molecule has 1 aromatic heterocycles. The van der Waals surface area contributed by atoms with Crippen molar-refractivity contribution >= 4 is 17.7 Å². The summed E-state index contributed by atoms with van der Waals surface area (Å²) in [4.78, 5) is 39.8. The van der Waals surface area contributed by atoms with Gasteiger partial charge >= 0.3 is 0 Å². The highest BCUT2D eigenvalue weighted by Gasteiger charge is 2.42. The van der Waals surface area contributed by atoms with Crippen LogP contribution in [0.5, 0.6) is 0 Å². The van der Waals surface area contributed by atoms with E-state index in [0.717, 1.165) is 6.42 Å². The summed E-state index contributed by atoms with van der Waals surface area (Å²) in [5.41, 5.74) is 1.68. The number of nitrogens with zero attached hydrogens (tertiary/aromatic N) is 3. The van der Waals surface area contributed by atoms with E-state index in [4.69, 9.17) is 0 Å². The van der Waals surface area contributed by atoms with Crippen LogP contribution in [0.4, 0.5) is 0 Å². The number of amides is 3. The van der Waals surface area contributed by atoms with Gasteiger partial charge in [-0.2, -0.15) is 5.10 Å². The van der Waals surface area contributed by atoms with Gasteiger partial charge in [-0.3, -0.25) is 19.1 Å². The number of hydrogen-bond acceptors (Lipinski definition) is 4. The van der Waals surface area contributed by atoms with Crippen molar-refractivity contribution < 1.29 is 14.4 Å². The SMILES string of the molecule is CCn1nccc1C(=O)N1CC(=O)NC2CC(C(=O)NCCc3ccccc3)CC2C1. The van der Waals surface area contributed by atoms with E-state index in [-0.39, 0.29) is 42.1 Å². The van der Waals surface area contributed by atoms with Crippen LogP contribution in [-0.4, -0.2) is 58.1 Å². The van der Waals surface area contributed by atoms with Gasteiger partial charge in [-0.1, -0.05) is 30.3 Å². The van der Waals surface area contributed by atoms with Crippen molar-refractivity contribution in [3.63, 3.8) is 0 Å². The molecule has 0 spiro atoms. The second-order valence-corrected chi connectivity index (χ2v) is 8.35. The molecule has 2 aliphatic rings. The molecule has 0 radical (unpaired) electrons. The Morgan fingerprint density at radius 3 is 2.77 bits per heavy atom. The summed E-state index contributed by atoms with van der Waals surface area (Å²) in [6.45, 7) is 3.60. The zero-order valence-electron chi connectivity index (χ0n) is 17.8. The lowest BCUT2D eigenvalue weighted by molar-refractivity contribution is -0.125. The minimum Gasteiger partial charge on any atom is -0.356 e. The number of hydrogen-bond donors (Lipinski definition) is 2. The fourth-order valence-electron chi connectivity index (χ4n) is 4.69. The first-order chi connectivity index (χ1) is 15.0. The largest absolute Gasteiger partial charge is 0.356 e. The first kappa shape index (κ1) is 21.1. The van der Waals surface area contributed by atoms with E-state index >= 15 is 0 Å². The Bertz CT molecular complexity index is 942. The van der Waals surface area contributed by atoms with Gasteiger partial charge < -0.3 is 15.5 Å². The van der Waals surface area contributed by atoms with Crippen LogP contribution in [0, 0.1) is 11.8 Å². The van der Waals surface area contributed by atoms with Crippen LogP contribution in [0.25, 0.3) is 0 Å².